The molecule has 0 aliphatic carbocycles. The first kappa shape index (κ1) is 15.8. The smallest absolute Gasteiger partial charge is 0.262 e. The third-order valence-electron chi connectivity index (χ3n) is 1.89. The molecule has 1 rings (SSSR count). The molecular weight excluding hydrogens is 267 g/mol. The number of hydrogen-bond acceptors (Lipinski definition) is 5. The molecule has 0 unspecified atom stereocenters. The third kappa shape index (κ3) is 5.10. The van der Waals surface area contributed by atoms with Crippen LogP contribution in [0, 0.1) is 17.3 Å². The van der Waals surface area contributed by atoms with E-state index < -0.39 is 11.5 Å². The molecule has 0 radical (unpaired) electrons. The highest BCUT2D eigenvalue weighted by atomic mass is 32.2. The number of thioether (sulfide) groups is 1. The lowest BCUT2D eigenvalue weighted by Crippen LogP contribution is -2.25. The van der Waals surface area contributed by atoms with Gasteiger partial charge in [-0.05, 0) is 11.3 Å². The van der Waals surface area contributed by atoms with Gasteiger partial charge >= 0.3 is 5.56 Å². The average molecular weight is 286 g/mol. The topological polar surface area (TPSA) is 60.1 Å². The Labute approximate surface area is 116 Å². The lowest BCUT2D eigenvalue weighted by molar-refractivity contribution is 0.472. The van der Waals surface area contributed by atoms with Crippen LogP contribution >= 0.6 is 11.8 Å². The molecular formula is C12H19FN4OS. The Morgan fingerprint density at radius 2 is 2.05 bits per heavy atom. The van der Waals surface area contributed by atoms with Crippen LogP contribution in [0.3, 0.4) is 0 Å². The summed E-state index contributed by atoms with van der Waals surface area (Å²) in [7, 11) is 0. The Hall–Kier alpha value is -1.24. The Balaban J connectivity index is 3.10. The van der Waals surface area contributed by atoms with Crippen molar-refractivity contribution in [1.82, 2.24) is 14.9 Å². The molecule has 0 bridgehead atoms. The minimum Gasteiger partial charge on any atom is -0.262 e. The van der Waals surface area contributed by atoms with E-state index in [1.807, 2.05) is 13.8 Å². The maximum absolute atomic E-state index is 13.2. The molecule has 0 saturated carbocycles. The largest absolute Gasteiger partial charge is 0.330 e. The molecule has 0 amide bonds. The Bertz CT molecular complexity index is 519. The second kappa shape index (κ2) is 6.27. The van der Waals surface area contributed by atoms with Crippen molar-refractivity contribution in [2.75, 3.05) is 5.75 Å². The van der Waals surface area contributed by atoms with Crippen molar-refractivity contribution in [1.29, 1.82) is 0 Å². The molecule has 0 aliphatic rings. The molecule has 1 heterocycles. The van der Waals surface area contributed by atoms with Gasteiger partial charge in [0.05, 0.1) is 0 Å². The SMILES string of the molecule is CC(C)C=Nn1c(SCC(C)(C)C)nnc(F)c1=O. The van der Waals surface area contributed by atoms with E-state index in [-0.39, 0.29) is 11.3 Å². The summed E-state index contributed by atoms with van der Waals surface area (Å²) < 4.78 is 14.1. The van der Waals surface area contributed by atoms with Gasteiger partial charge < -0.3 is 0 Å². The fraction of sp³-hybridized carbons (Fsp3) is 0.667. The highest BCUT2D eigenvalue weighted by Gasteiger charge is 2.16. The van der Waals surface area contributed by atoms with Crippen LogP contribution in [-0.4, -0.2) is 26.8 Å². The van der Waals surface area contributed by atoms with Crippen molar-refractivity contribution in [2.24, 2.45) is 16.4 Å². The summed E-state index contributed by atoms with van der Waals surface area (Å²) in [6.45, 7) is 10.0. The number of halogens is 1. The van der Waals surface area contributed by atoms with E-state index in [9.17, 15) is 9.18 Å². The van der Waals surface area contributed by atoms with Crippen LogP contribution in [0.15, 0.2) is 15.1 Å². The minimum absolute atomic E-state index is 0.0589. The monoisotopic (exact) mass is 286 g/mol. The second-order valence-corrected chi connectivity index (χ2v) is 6.69. The highest BCUT2D eigenvalue weighted by Crippen LogP contribution is 2.24. The maximum atomic E-state index is 13.2. The molecule has 0 N–H and O–H groups in total. The van der Waals surface area contributed by atoms with Crippen LogP contribution in [0.5, 0.6) is 0 Å². The van der Waals surface area contributed by atoms with Crippen LogP contribution < -0.4 is 5.56 Å². The molecule has 5 nitrogen and oxygen atoms in total. The van der Waals surface area contributed by atoms with Crippen molar-refractivity contribution in [3.05, 3.63) is 16.3 Å². The fourth-order valence-corrected chi connectivity index (χ4v) is 1.93. The molecule has 0 spiro atoms. The minimum atomic E-state index is -1.14. The molecule has 0 atom stereocenters. The third-order valence-corrected chi connectivity index (χ3v) is 3.41. The van der Waals surface area contributed by atoms with Crippen LogP contribution in [0.4, 0.5) is 4.39 Å². The molecule has 1 aromatic heterocycles. The van der Waals surface area contributed by atoms with Crippen molar-refractivity contribution >= 4 is 18.0 Å². The zero-order chi connectivity index (χ0) is 14.6. The molecule has 106 valence electrons. The van der Waals surface area contributed by atoms with Gasteiger partial charge in [0.2, 0.25) is 5.16 Å². The summed E-state index contributed by atoms with van der Waals surface area (Å²) in [4.78, 5) is 11.7. The zero-order valence-electron chi connectivity index (χ0n) is 11.8. The van der Waals surface area contributed by atoms with Crippen molar-refractivity contribution in [2.45, 2.75) is 39.8 Å². The number of aromatic nitrogens is 3. The van der Waals surface area contributed by atoms with Crippen molar-refractivity contribution < 1.29 is 4.39 Å². The summed E-state index contributed by atoms with van der Waals surface area (Å²) in [6.07, 6.45) is 1.57. The summed E-state index contributed by atoms with van der Waals surface area (Å²) in [5.74, 6) is -0.256. The van der Waals surface area contributed by atoms with Gasteiger partial charge in [-0.15, -0.1) is 10.2 Å². The van der Waals surface area contributed by atoms with Crippen molar-refractivity contribution in [3.63, 3.8) is 0 Å². The standard InChI is InChI=1S/C12H19FN4OS/c1-8(2)6-14-17-10(18)9(13)15-16-11(17)19-7-12(3,4)5/h6,8H,7H2,1-5H3. The van der Waals surface area contributed by atoms with Crippen molar-refractivity contribution in [3.8, 4) is 0 Å². The molecule has 19 heavy (non-hydrogen) atoms. The first-order chi connectivity index (χ1) is 8.70. The fourth-order valence-electron chi connectivity index (χ4n) is 1.02. The van der Waals surface area contributed by atoms with Crippen LogP contribution in [0.1, 0.15) is 34.6 Å². The lowest BCUT2D eigenvalue weighted by atomic mass is 10.0. The van der Waals surface area contributed by atoms with Gasteiger partial charge in [-0.25, -0.2) is 0 Å². The van der Waals surface area contributed by atoms with Gasteiger partial charge in [-0.3, -0.25) is 4.79 Å². The summed E-state index contributed by atoms with van der Waals surface area (Å²) in [6, 6.07) is 0. The zero-order valence-corrected chi connectivity index (χ0v) is 12.7. The van der Waals surface area contributed by atoms with E-state index in [1.165, 1.54) is 11.8 Å². The summed E-state index contributed by atoms with van der Waals surface area (Å²) >= 11 is 1.34. The van der Waals surface area contributed by atoms with Gasteiger partial charge in [0.25, 0.3) is 5.95 Å². The molecule has 1 aromatic rings. The van der Waals surface area contributed by atoms with Gasteiger partial charge in [0.15, 0.2) is 0 Å². The van der Waals surface area contributed by atoms with E-state index in [2.05, 4.69) is 36.1 Å². The van der Waals surface area contributed by atoms with Crippen LogP contribution in [0.25, 0.3) is 0 Å². The van der Waals surface area contributed by atoms with E-state index >= 15 is 0 Å². The Morgan fingerprint density at radius 3 is 2.58 bits per heavy atom. The normalized spacial score (nSPS) is 12.6. The average Bonchev–Trinajstić information content (AvgIpc) is 2.28. The predicted molar refractivity (Wildman–Crippen MR) is 75.2 cm³/mol. The number of rotatable bonds is 4. The Morgan fingerprint density at radius 1 is 1.42 bits per heavy atom. The number of nitrogens with zero attached hydrogens (tertiary/aromatic N) is 4. The molecule has 7 heteroatoms. The van der Waals surface area contributed by atoms with Gasteiger partial charge in [0.1, 0.15) is 0 Å². The first-order valence-corrected chi connectivity index (χ1v) is 7.02. The predicted octanol–water partition coefficient (Wildman–Crippen LogP) is 2.41. The maximum Gasteiger partial charge on any atom is 0.330 e. The van der Waals surface area contributed by atoms with Gasteiger partial charge in [-0.2, -0.15) is 14.2 Å². The van der Waals surface area contributed by atoms with Gasteiger partial charge in [0, 0.05) is 12.0 Å². The Kier molecular flexibility index (Phi) is 5.22. The molecule has 0 saturated heterocycles. The van der Waals surface area contributed by atoms with E-state index in [0.717, 1.165) is 10.4 Å². The molecule has 0 aromatic carbocycles. The van der Waals surface area contributed by atoms with E-state index in [1.54, 1.807) is 6.21 Å². The van der Waals surface area contributed by atoms with Crippen LogP contribution in [-0.2, 0) is 0 Å². The molecule has 0 fully saturated rings. The summed E-state index contributed by atoms with van der Waals surface area (Å²) in [5, 5.41) is 11.2. The molecule has 0 aliphatic heterocycles. The highest BCUT2D eigenvalue weighted by molar-refractivity contribution is 7.99. The first-order valence-electron chi connectivity index (χ1n) is 6.03. The van der Waals surface area contributed by atoms with Gasteiger partial charge in [-0.1, -0.05) is 46.4 Å². The summed E-state index contributed by atoms with van der Waals surface area (Å²) in [5.41, 5.74) is -0.813. The number of hydrogen-bond donors (Lipinski definition) is 0. The lowest BCUT2D eigenvalue weighted by Gasteiger charge is -2.17. The van der Waals surface area contributed by atoms with Crippen LogP contribution in [0.2, 0.25) is 0 Å². The second-order valence-electron chi connectivity index (χ2n) is 5.75. The van der Waals surface area contributed by atoms with E-state index in [0.29, 0.717) is 5.16 Å². The van der Waals surface area contributed by atoms with E-state index in [4.69, 9.17) is 0 Å². The quantitative estimate of drug-likeness (QED) is 0.630.